The number of hydrogen-bond donors (Lipinski definition) is 2. The van der Waals surface area contributed by atoms with E-state index in [4.69, 9.17) is 5.11 Å². The van der Waals surface area contributed by atoms with Crippen LogP contribution in [-0.2, 0) is 21.8 Å². The number of thioether (sulfide) groups is 1. The van der Waals surface area contributed by atoms with Crippen LogP contribution in [0.2, 0.25) is 0 Å². The lowest BCUT2D eigenvalue weighted by Crippen LogP contribution is -2.31. The second-order valence-electron chi connectivity index (χ2n) is 4.60. The molecule has 0 aromatic heterocycles. The SMILES string of the molecule is CC(C)NC(=O)CSCc1ccc(CC(=O)O)cc1. The van der Waals surface area contributed by atoms with Crippen molar-refractivity contribution in [1.82, 2.24) is 5.32 Å². The molecule has 104 valence electrons. The van der Waals surface area contributed by atoms with Gasteiger partial charge in [0.25, 0.3) is 0 Å². The summed E-state index contributed by atoms with van der Waals surface area (Å²) in [5, 5.41) is 11.5. The molecule has 0 aliphatic rings. The first-order valence-corrected chi connectivity index (χ1v) is 7.29. The average Bonchev–Trinajstić information content (AvgIpc) is 2.29. The van der Waals surface area contributed by atoms with Gasteiger partial charge in [-0.05, 0) is 25.0 Å². The highest BCUT2D eigenvalue weighted by molar-refractivity contribution is 7.99. The van der Waals surface area contributed by atoms with Gasteiger partial charge in [-0.2, -0.15) is 0 Å². The topological polar surface area (TPSA) is 66.4 Å². The second-order valence-corrected chi connectivity index (χ2v) is 5.59. The maximum absolute atomic E-state index is 11.4. The number of aliphatic carboxylic acids is 1. The summed E-state index contributed by atoms with van der Waals surface area (Å²) in [7, 11) is 0. The molecule has 5 heteroatoms. The zero-order valence-corrected chi connectivity index (χ0v) is 12.0. The van der Waals surface area contributed by atoms with Crippen LogP contribution in [0.1, 0.15) is 25.0 Å². The molecule has 4 nitrogen and oxygen atoms in total. The van der Waals surface area contributed by atoms with E-state index in [2.05, 4.69) is 5.32 Å². The van der Waals surface area contributed by atoms with E-state index in [-0.39, 0.29) is 18.4 Å². The minimum absolute atomic E-state index is 0.0440. The fourth-order valence-corrected chi connectivity index (χ4v) is 2.35. The minimum Gasteiger partial charge on any atom is -0.481 e. The van der Waals surface area contributed by atoms with Crippen LogP contribution in [0.25, 0.3) is 0 Å². The van der Waals surface area contributed by atoms with Gasteiger partial charge in [-0.25, -0.2) is 0 Å². The van der Waals surface area contributed by atoms with E-state index in [9.17, 15) is 9.59 Å². The molecule has 0 saturated carbocycles. The largest absolute Gasteiger partial charge is 0.481 e. The highest BCUT2D eigenvalue weighted by Gasteiger charge is 2.04. The van der Waals surface area contributed by atoms with Crippen LogP contribution in [0, 0.1) is 0 Å². The number of carbonyl (C=O) groups excluding carboxylic acids is 1. The Bertz CT molecular complexity index is 429. The number of carboxylic acids is 1. The molecule has 0 saturated heterocycles. The van der Waals surface area contributed by atoms with Crippen LogP contribution in [0.15, 0.2) is 24.3 Å². The van der Waals surface area contributed by atoms with Gasteiger partial charge in [0.2, 0.25) is 5.91 Å². The van der Waals surface area contributed by atoms with Crippen LogP contribution in [0.4, 0.5) is 0 Å². The molecule has 1 amide bonds. The van der Waals surface area contributed by atoms with Crippen LogP contribution >= 0.6 is 11.8 Å². The molecule has 0 spiro atoms. The molecule has 0 bridgehead atoms. The van der Waals surface area contributed by atoms with E-state index >= 15 is 0 Å². The number of amides is 1. The van der Waals surface area contributed by atoms with E-state index in [1.54, 1.807) is 11.8 Å². The van der Waals surface area contributed by atoms with Gasteiger partial charge in [-0.15, -0.1) is 11.8 Å². The molecule has 0 unspecified atom stereocenters. The van der Waals surface area contributed by atoms with E-state index < -0.39 is 5.97 Å². The van der Waals surface area contributed by atoms with Crippen molar-refractivity contribution in [2.75, 3.05) is 5.75 Å². The molecule has 1 aromatic carbocycles. The highest BCUT2D eigenvalue weighted by Crippen LogP contribution is 2.13. The van der Waals surface area contributed by atoms with Crippen molar-refractivity contribution in [2.24, 2.45) is 0 Å². The summed E-state index contributed by atoms with van der Waals surface area (Å²) in [6.45, 7) is 3.87. The Morgan fingerprint density at radius 3 is 2.32 bits per heavy atom. The summed E-state index contributed by atoms with van der Waals surface area (Å²) in [5.74, 6) is 0.406. The van der Waals surface area contributed by atoms with Gasteiger partial charge < -0.3 is 10.4 Å². The Labute approximate surface area is 117 Å². The minimum atomic E-state index is -0.826. The second kappa shape index (κ2) is 7.84. The van der Waals surface area contributed by atoms with Gasteiger partial charge in [0.05, 0.1) is 12.2 Å². The van der Waals surface area contributed by atoms with Gasteiger partial charge >= 0.3 is 5.97 Å². The molecular formula is C14H19NO3S. The fraction of sp³-hybridized carbons (Fsp3) is 0.429. The third kappa shape index (κ3) is 6.86. The summed E-state index contributed by atoms with van der Waals surface area (Å²) in [6.07, 6.45) is 0.0459. The Morgan fingerprint density at radius 2 is 1.79 bits per heavy atom. The number of carbonyl (C=O) groups is 2. The first-order valence-electron chi connectivity index (χ1n) is 6.14. The maximum atomic E-state index is 11.4. The molecule has 0 aliphatic carbocycles. The zero-order valence-electron chi connectivity index (χ0n) is 11.2. The van der Waals surface area contributed by atoms with Crippen molar-refractivity contribution < 1.29 is 14.7 Å². The van der Waals surface area contributed by atoms with E-state index in [0.29, 0.717) is 5.75 Å². The summed E-state index contributed by atoms with van der Waals surface area (Å²) >= 11 is 1.55. The lowest BCUT2D eigenvalue weighted by atomic mass is 10.1. The van der Waals surface area contributed by atoms with Crippen molar-refractivity contribution >= 4 is 23.6 Å². The first-order chi connectivity index (χ1) is 8.97. The normalized spacial score (nSPS) is 10.5. The Morgan fingerprint density at radius 1 is 1.21 bits per heavy atom. The maximum Gasteiger partial charge on any atom is 0.307 e. The molecule has 19 heavy (non-hydrogen) atoms. The number of carboxylic acid groups (broad SMARTS) is 1. The lowest BCUT2D eigenvalue weighted by Gasteiger charge is -2.08. The predicted octanol–water partition coefficient (Wildman–Crippen LogP) is 2.07. The van der Waals surface area contributed by atoms with Gasteiger partial charge in [0, 0.05) is 11.8 Å². The Kier molecular flexibility index (Phi) is 6.42. The summed E-state index contributed by atoms with van der Waals surface area (Å²) in [4.78, 5) is 22.0. The van der Waals surface area contributed by atoms with Crippen LogP contribution < -0.4 is 5.32 Å². The van der Waals surface area contributed by atoms with E-state index in [1.165, 1.54) is 0 Å². The van der Waals surface area contributed by atoms with Crippen LogP contribution in [0.5, 0.6) is 0 Å². The zero-order chi connectivity index (χ0) is 14.3. The van der Waals surface area contributed by atoms with Crippen LogP contribution in [-0.4, -0.2) is 28.8 Å². The number of nitrogens with one attached hydrogen (secondary N) is 1. The van der Waals surface area contributed by atoms with Gasteiger partial charge in [-0.1, -0.05) is 24.3 Å². The molecule has 0 heterocycles. The first kappa shape index (κ1) is 15.6. The molecule has 0 aliphatic heterocycles. The summed E-state index contributed by atoms with van der Waals surface area (Å²) < 4.78 is 0. The van der Waals surface area contributed by atoms with E-state index in [0.717, 1.165) is 16.9 Å². The molecule has 0 atom stereocenters. The Hall–Kier alpha value is -1.49. The van der Waals surface area contributed by atoms with E-state index in [1.807, 2.05) is 38.1 Å². The molecule has 1 rings (SSSR count). The smallest absolute Gasteiger partial charge is 0.307 e. The molecule has 0 fully saturated rings. The Balaban J connectivity index is 2.34. The average molecular weight is 281 g/mol. The number of benzene rings is 1. The monoisotopic (exact) mass is 281 g/mol. The van der Waals surface area contributed by atoms with Crippen molar-refractivity contribution in [2.45, 2.75) is 32.1 Å². The van der Waals surface area contributed by atoms with Crippen molar-refractivity contribution in [3.63, 3.8) is 0 Å². The standard InChI is InChI=1S/C14H19NO3S/c1-10(2)15-13(16)9-19-8-12-5-3-11(4-6-12)7-14(17)18/h3-6,10H,7-9H2,1-2H3,(H,15,16)(H,17,18). The van der Waals surface area contributed by atoms with Gasteiger partial charge in [0.1, 0.15) is 0 Å². The number of hydrogen-bond acceptors (Lipinski definition) is 3. The molecule has 2 N–H and O–H groups in total. The number of rotatable bonds is 7. The van der Waals surface area contributed by atoms with Gasteiger partial charge in [0.15, 0.2) is 0 Å². The third-order valence-corrected chi connectivity index (χ3v) is 3.33. The quantitative estimate of drug-likeness (QED) is 0.803. The molecule has 0 radical (unpaired) electrons. The van der Waals surface area contributed by atoms with Crippen molar-refractivity contribution in [3.8, 4) is 0 Å². The molecule has 1 aromatic rings. The summed E-state index contributed by atoms with van der Waals surface area (Å²) in [5.41, 5.74) is 1.88. The fourth-order valence-electron chi connectivity index (χ4n) is 1.55. The molecular weight excluding hydrogens is 262 g/mol. The van der Waals surface area contributed by atoms with Gasteiger partial charge in [-0.3, -0.25) is 9.59 Å². The van der Waals surface area contributed by atoms with Crippen molar-refractivity contribution in [1.29, 1.82) is 0 Å². The third-order valence-electron chi connectivity index (χ3n) is 2.33. The summed E-state index contributed by atoms with van der Waals surface area (Å²) in [6, 6.07) is 7.62. The van der Waals surface area contributed by atoms with Crippen LogP contribution in [0.3, 0.4) is 0 Å². The van der Waals surface area contributed by atoms with Crippen molar-refractivity contribution in [3.05, 3.63) is 35.4 Å². The lowest BCUT2D eigenvalue weighted by molar-refractivity contribution is -0.136. The predicted molar refractivity (Wildman–Crippen MR) is 77.2 cm³/mol. The highest BCUT2D eigenvalue weighted by atomic mass is 32.2.